The first kappa shape index (κ1) is 13.6. The standard InChI is InChI=1S/C12H11F4NO2/c1-2-19-10-4-8-6(3-7(10)13)9(18)5-11(17-8)12(14,15)16/h3-4,11,17H,2,5H2,1H3. The van der Waals surface area contributed by atoms with Crippen molar-refractivity contribution in [3.63, 3.8) is 0 Å². The second-order valence-electron chi connectivity index (χ2n) is 4.13. The molecule has 0 spiro atoms. The number of hydrogen-bond acceptors (Lipinski definition) is 3. The van der Waals surface area contributed by atoms with E-state index >= 15 is 0 Å². The summed E-state index contributed by atoms with van der Waals surface area (Å²) >= 11 is 0. The van der Waals surface area contributed by atoms with E-state index in [2.05, 4.69) is 5.32 Å². The number of carbonyl (C=O) groups excluding carboxylic acids is 1. The van der Waals surface area contributed by atoms with Crippen molar-refractivity contribution >= 4 is 11.5 Å². The minimum absolute atomic E-state index is 0.0524. The van der Waals surface area contributed by atoms with E-state index in [1.165, 1.54) is 0 Å². The molecule has 104 valence electrons. The van der Waals surface area contributed by atoms with Crippen molar-refractivity contribution in [1.29, 1.82) is 0 Å². The van der Waals surface area contributed by atoms with Crippen molar-refractivity contribution < 1.29 is 27.1 Å². The van der Waals surface area contributed by atoms with Crippen molar-refractivity contribution in [2.75, 3.05) is 11.9 Å². The Morgan fingerprint density at radius 2 is 2.11 bits per heavy atom. The van der Waals surface area contributed by atoms with Gasteiger partial charge in [-0.05, 0) is 13.0 Å². The minimum atomic E-state index is -4.53. The fourth-order valence-corrected chi connectivity index (χ4v) is 1.90. The fourth-order valence-electron chi connectivity index (χ4n) is 1.90. The van der Waals surface area contributed by atoms with Crippen molar-refractivity contribution in [3.8, 4) is 5.75 Å². The van der Waals surface area contributed by atoms with Gasteiger partial charge in [-0.2, -0.15) is 13.2 Å². The van der Waals surface area contributed by atoms with E-state index in [-0.39, 0.29) is 23.6 Å². The SMILES string of the molecule is CCOc1cc2c(cc1F)C(=O)CC(C(F)(F)F)N2. The molecule has 1 aromatic carbocycles. The summed E-state index contributed by atoms with van der Waals surface area (Å²) in [6.45, 7) is 1.79. The zero-order valence-electron chi connectivity index (χ0n) is 9.97. The lowest BCUT2D eigenvalue weighted by Crippen LogP contribution is -2.41. The molecule has 19 heavy (non-hydrogen) atoms. The smallest absolute Gasteiger partial charge is 0.408 e. The van der Waals surface area contributed by atoms with Crippen LogP contribution in [0.4, 0.5) is 23.2 Å². The van der Waals surface area contributed by atoms with Gasteiger partial charge in [0.25, 0.3) is 0 Å². The lowest BCUT2D eigenvalue weighted by Gasteiger charge is -2.28. The molecule has 1 atom stereocenters. The van der Waals surface area contributed by atoms with Gasteiger partial charge in [0.1, 0.15) is 6.04 Å². The number of nitrogens with one attached hydrogen (secondary N) is 1. The summed E-state index contributed by atoms with van der Waals surface area (Å²) in [7, 11) is 0. The molecule has 0 saturated carbocycles. The maximum atomic E-state index is 13.5. The first-order valence-electron chi connectivity index (χ1n) is 5.65. The highest BCUT2D eigenvalue weighted by Gasteiger charge is 2.44. The first-order chi connectivity index (χ1) is 8.82. The third kappa shape index (κ3) is 2.64. The lowest BCUT2D eigenvalue weighted by atomic mass is 9.96. The van der Waals surface area contributed by atoms with Crippen LogP contribution in [0.25, 0.3) is 0 Å². The van der Waals surface area contributed by atoms with E-state index in [4.69, 9.17) is 4.74 Å². The second-order valence-corrected chi connectivity index (χ2v) is 4.13. The molecule has 1 aliphatic heterocycles. The fraction of sp³-hybridized carbons (Fsp3) is 0.417. The topological polar surface area (TPSA) is 38.3 Å². The van der Waals surface area contributed by atoms with Crippen LogP contribution in [0, 0.1) is 5.82 Å². The van der Waals surface area contributed by atoms with Gasteiger partial charge in [0.05, 0.1) is 6.61 Å². The van der Waals surface area contributed by atoms with Crippen LogP contribution in [0.1, 0.15) is 23.7 Å². The molecule has 0 aromatic heterocycles. The van der Waals surface area contributed by atoms with Crippen molar-refractivity contribution in [2.24, 2.45) is 0 Å². The molecule has 2 rings (SSSR count). The van der Waals surface area contributed by atoms with Gasteiger partial charge < -0.3 is 10.1 Å². The maximum Gasteiger partial charge on any atom is 0.408 e. The molecule has 1 aliphatic rings. The summed E-state index contributed by atoms with van der Waals surface area (Å²) in [5.74, 6) is -1.68. The van der Waals surface area contributed by atoms with Crippen LogP contribution in [0.3, 0.4) is 0 Å². The molecule has 1 heterocycles. The number of hydrogen-bond donors (Lipinski definition) is 1. The predicted octanol–water partition coefficient (Wildman–Crippen LogP) is 3.15. The zero-order chi connectivity index (χ0) is 14.2. The largest absolute Gasteiger partial charge is 0.491 e. The highest BCUT2D eigenvalue weighted by molar-refractivity contribution is 6.03. The summed E-state index contributed by atoms with van der Waals surface area (Å²) in [6.07, 6.45) is -5.27. The summed E-state index contributed by atoms with van der Waals surface area (Å²) in [4.78, 5) is 11.6. The zero-order valence-corrected chi connectivity index (χ0v) is 9.97. The van der Waals surface area contributed by atoms with Gasteiger partial charge in [-0.15, -0.1) is 0 Å². The third-order valence-electron chi connectivity index (χ3n) is 2.79. The molecule has 0 radical (unpaired) electrons. The van der Waals surface area contributed by atoms with Crippen LogP contribution >= 0.6 is 0 Å². The van der Waals surface area contributed by atoms with Crippen LogP contribution in [0.15, 0.2) is 12.1 Å². The Hall–Kier alpha value is -1.79. The van der Waals surface area contributed by atoms with E-state index in [0.29, 0.717) is 0 Å². The van der Waals surface area contributed by atoms with E-state index in [0.717, 1.165) is 12.1 Å². The Labute approximate surface area is 106 Å². The number of carbonyl (C=O) groups is 1. The van der Waals surface area contributed by atoms with E-state index < -0.39 is 30.2 Å². The Bertz CT molecular complexity index is 513. The average molecular weight is 277 g/mol. The molecule has 0 aliphatic carbocycles. The van der Waals surface area contributed by atoms with Gasteiger partial charge in [-0.25, -0.2) is 4.39 Å². The van der Waals surface area contributed by atoms with Gasteiger partial charge in [0.15, 0.2) is 17.3 Å². The summed E-state index contributed by atoms with van der Waals surface area (Å²) in [6, 6.07) is 0.0408. The van der Waals surface area contributed by atoms with Crippen molar-refractivity contribution in [3.05, 3.63) is 23.5 Å². The molecule has 0 saturated heterocycles. The quantitative estimate of drug-likeness (QED) is 0.844. The number of ketones is 1. The molecule has 0 bridgehead atoms. The van der Waals surface area contributed by atoms with E-state index in [1.54, 1.807) is 6.92 Å². The Morgan fingerprint density at radius 3 is 2.68 bits per heavy atom. The summed E-state index contributed by atoms with van der Waals surface area (Å²) in [5.41, 5.74) is -0.134. The van der Waals surface area contributed by atoms with Gasteiger partial charge in [0.2, 0.25) is 0 Å². The minimum Gasteiger partial charge on any atom is -0.491 e. The molecule has 7 heteroatoms. The van der Waals surface area contributed by atoms with Crippen LogP contribution in [-0.2, 0) is 0 Å². The normalized spacial score (nSPS) is 18.8. The van der Waals surface area contributed by atoms with Gasteiger partial charge in [-0.1, -0.05) is 0 Å². The third-order valence-corrected chi connectivity index (χ3v) is 2.79. The van der Waals surface area contributed by atoms with Gasteiger partial charge in [0, 0.05) is 23.7 Å². The maximum absolute atomic E-state index is 13.5. The Kier molecular flexibility index (Phi) is 3.38. The first-order valence-corrected chi connectivity index (χ1v) is 5.65. The number of anilines is 1. The molecule has 1 aromatic rings. The van der Waals surface area contributed by atoms with Crippen molar-refractivity contribution in [1.82, 2.24) is 0 Å². The Balaban J connectivity index is 2.40. The van der Waals surface area contributed by atoms with Crippen LogP contribution in [-0.4, -0.2) is 24.6 Å². The van der Waals surface area contributed by atoms with Crippen molar-refractivity contribution in [2.45, 2.75) is 25.6 Å². The van der Waals surface area contributed by atoms with E-state index in [9.17, 15) is 22.4 Å². The highest BCUT2D eigenvalue weighted by atomic mass is 19.4. The summed E-state index contributed by atoms with van der Waals surface area (Å²) < 4.78 is 56.3. The van der Waals surface area contributed by atoms with Crippen LogP contribution in [0.2, 0.25) is 0 Å². The van der Waals surface area contributed by atoms with Gasteiger partial charge in [-0.3, -0.25) is 4.79 Å². The lowest BCUT2D eigenvalue weighted by molar-refractivity contribution is -0.142. The number of halogens is 4. The molecule has 0 amide bonds. The number of alkyl halides is 3. The molecule has 1 unspecified atom stereocenters. The molecular formula is C12H11F4NO2. The highest BCUT2D eigenvalue weighted by Crippen LogP contribution is 2.36. The van der Waals surface area contributed by atoms with E-state index in [1.807, 2.05) is 0 Å². The number of ether oxygens (including phenoxy) is 1. The molecule has 0 fully saturated rings. The number of rotatable bonds is 2. The predicted molar refractivity (Wildman–Crippen MR) is 60.0 cm³/mol. The number of benzene rings is 1. The molecule has 1 N–H and O–H groups in total. The number of Topliss-reactive ketones (excluding diaryl/α,β-unsaturated/α-hetero) is 1. The summed E-state index contributed by atoms with van der Waals surface area (Å²) in [5, 5.41) is 2.20. The second kappa shape index (κ2) is 4.71. The molecular weight excluding hydrogens is 266 g/mol. The number of fused-ring (bicyclic) bond motifs is 1. The van der Waals surface area contributed by atoms with Crippen LogP contribution < -0.4 is 10.1 Å². The van der Waals surface area contributed by atoms with Gasteiger partial charge >= 0.3 is 6.18 Å². The molecule has 3 nitrogen and oxygen atoms in total. The monoisotopic (exact) mass is 277 g/mol. The van der Waals surface area contributed by atoms with Crippen LogP contribution in [0.5, 0.6) is 5.75 Å². The average Bonchev–Trinajstić information content (AvgIpc) is 2.30. The Morgan fingerprint density at radius 1 is 1.42 bits per heavy atom.